The Morgan fingerprint density at radius 2 is 2.00 bits per heavy atom. The van der Waals surface area contributed by atoms with Crippen LogP contribution >= 0.6 is 0 Å². The van der Waals surface area contributed by atoms with E-state index in [9.17, 15) is 5.11 Å². The normalized spacial score (nSPS) is 23.0. The van der Waals surface area contributed by atoms with Gasteiger partial charge in [-0.15, -0.1) is 0 Å². The zero-order valence-corrected chi connectivity index (χ0v) is 9.78. The topological polar surface area (TPSA) is 52.9 Å². The van der Waals surface area contributed by atoms with Gasteiger partial charge < -0.3 is 19.8 Å². The van der Waals surface area contributed by atoms with Crippen LogP contribution in [-0.4, -0.2) is 60.2 Å². The van der Waals surface area contributed by atoms with Gasteiger partial charge in [-0.1, -0.05) is 0 Å². The third-order valence-electron chi connectivity index (χ3n) is 2.92. The van der Waals surface area contributed by atoms with Crippen molar-refractivity contribution in [2.75, 3.05) is 33.4 Å². The number of hydrogen-bond donors (Lipinski definition) is 2. The average molecular weight is 217 g/mol. The second-order valence-corrected chi connectivity index (χ2v) is 4.71. The summed E-state index contributed by atoms with van der Waals surface area (Å²) in [4.78, 5) is 2.08. The first-order valence-corrected chi connectivity index (χ1v) is 5.69. The van der Waals surface area contributed by atoms with Gasteiger partial charge in [0.05, 0.1) is 11.7 Å². The van der Waals surface area contributed by atoms with Crippen LogP contribution in [-0.2, 0) is 4.74 Å². The second-order valence-electron chi connectivity index (χ2n) is 4.71. The zero-order valence-electron chi connectivity index (χ0n) is 9.78. The van der Waals surface area contributed by atoms with E-state index in [2.05, 4.69) is 4.90 Å². The molecule has 1 atom stereocenters. The van der Waals surface area contributed by atoms with Gasteiger partial charge in [0.2, 0.25) is 0 Å². The van der Waals surface area contributed by atoms with Crippen molar-refractivity contribution in [3.8, 4) is 0 Å². The first-order valence-electron chi connectivity index (χ1n) is 5.69. The number of hydrogen-bond acceptors (Lipinski definition) is 4. The predicted molar refractivity (Wildman–Crippen MR) is 58.8 cm³/mol. The molecule has 4 heteroatoms. The maximum Gasteiger partial charge on any atom is 0.0817 e. The molecule has 1 rings (SSSR count). The minimum absolute atomic E-state index is 0.267. The summed E-state index contributed by atoms with van der Waals surface area (Å²) in [6.45, 7) is 4.59. The summed E-state index contributed by atoms with van der Waals surface area (Å²) in [5.41, 5.74) is -0.592. The quantitative estimate of drug-likeness (QED) is 0.692. The van der Waals surface area contributed by atoms with Gasteiger partial charge in [0, 0.05) is 39.1 Å². The largest absolute Gasteiger partial charge is 0.393 e. The molecule has 0 spiro atoms. The van der Waals surface area contributed by atoms with Crippen LogP contribution in [0.15, 0.2) is 0 Å². The van der Waals surface area contributed by atoms with Crippen LogP contribution in [0.3, 0.4) is 0 Å². The van der Waals surface area contributed by atoms with Crippen LogP contribution in [0.2, 0.25) is 0 Å². The Balaban J connectivity index is 2.25. The Morgan fingerprint density at radius 3 is 2.53 bits per heavy atom. The Morgan fingerprint density at radius 1 is 1.40 bits per heavy atom. The van der Waals surface area contributed by atoms with E-state index >= 15 is 0 Å². The number of aliphatic hydroxyl groups is 2. The molecule has 1 aliphatic rings. The molecular formula is C11H23NO3. The van der Waals surface area contributed by atoms with E-state index in [1.54, 1.807) is 6.92 Å². The van der Waals surface area contributed by atoms with Crippen LogP contribution in [0.4, 0.5) is 0 Å². The van der Waals surface area contributed by atoms with E-state index in [1.165, 1.54) is 0 Å². The predicted octanol–water partition coefficient (Wildman–Crippen LogP) is 0.231. The van der Waals surface area contributed by atoms with E-state index in [4.69, 9.17) is 9.84 Å². The maximum atomic E-state index is 10.2. The Bertz CT molecular complexity index is 179. The van der Waals surface area contributed by atoms with Crippen LogP contribution in [0.1, 0.15) is 26.2 Å². The molecule has 0 amide bonds. The van der Waals surface area contributed by atoms with Gasteiger partial charge in [0.15, 0.2) is 0 Å². The van der Waals surface area contributed by atoms with E-state index in [1.807, 2.05) is 7.05 Å². The summed E-state index contributed by atoms with van der Waals surface area (Å²) >= 11 is 0. The smallest absolute Gasteiger partial charge is 0.0817 e. The number of rotatable bonds is 5. The highest BCUT2D eigenvalue weighted by Gasteiger charge is 2.30. The van der Waals surface area contributed by atoms with Crippen molar-refractivity contribution in [3.05, 3.63) is 0 Å². The summed E-state index contributed by atoms with van der Waals surface area (Å²) in [5.74, 6) is 0. The summed E-state index contributed by atoms with van der Waals surface area (Å²) < 4.78 is 5.23. The molecule has 1 fully saturated rings. The highest BCUT2D eigenvalue weighted by atomic mass is 16.5. The van der Waals surface area contributed by atoms with Crippen molar-refractivity contribution in [3.63, 3.8) is 0 Å². The Hall–Kier alpha value is -0.160. The zero-order chi connectivity index (χ0) is 11.3. The molecule has 0 aromatic rings. The molecule has 0 saturated carbocycles. The van der Waals surface area contributed by atoms with Crippen LogP contribution < -0.4 is 0 Å². The standard InChI is InChI=1S/C11H23NO3/c1-10(13)3-6-12(2)9-11(14)4-7-15-8-5-11/h10,13-14H,3-9H2,1-2H3. The van der Waals surface area contributed by atoms with Crippen molar-refractivity contribution >= 4 is 0 Å². The molecule has 2 N–H and O–H groups in total. The van der Waals surface area contributed by atoms with Crippen molar-refractivity contribution in [2.24, 2.45) is 0 Å². The van der Waals surface area contributed by atoms with Crippen LogP contribution in [0.5, 0.6) is 0 Å². The fourth-order valence-corrected chi connectivity index (χ4v) is 1.90. The average Bonchev–Trinajstić information content (AvgIpc) is 2.15. The fraction of sp³-hybridized carbons (Fsp3) is 1.00. The van der Waals surface area contributed by atoms with Gasteiger partial charge in [0.25, 0.3) is 0 Å². The lowest BCUT2D eigenvalue weighted by atomic mass is 9.94. The highest BCUT2D eigenvalue weighted by molar-refractivity contribution is 4.83. The second kappa shape index (κ2) is 5.80. The SMILES string of the molecule is CC(O)CCN(C)CC1(O)CCOCC1. The number of aliphatic hydroxyl groups excluding tert-OH is 1. The first kappa shape index (κ1) is 12.9. The minimum atomic E-state index is -0.592. The van der Waals surface area contributed by atoms with Gasteiger partial charge in [0.1, 0.15) is 0 Å². The molecule has 90 valence electrons. The van der Waals surface area contributed by atoms with E-state index in [0.29, 0.717) is 32.6 Å². The highest BCUT2D eigenvalue weighted by Crippen LogP contribution is 2.21. The molecule has 1 aliphatic heterocycles. The Kier molecular flexibility index (Phi) is 4.99. The molecule has 1 heterocycles. The monoisotopic (exact) mass is 217 g/mol. The van der Waals surface area contributed by atoms with Crippen LogP contribution in [0, 0.1) is 0 Å². The molecule has 0 aliphatic carbocycles. The summed E-state index contributed by atoms with van der Waals surface area (Å²) in [5, 5.41) is 19.4. The molecule has 4 nitrogen and oxygen atoms in total. The first-order chi connectivity index (χ1) is 7.02. The van der Waals surface area contributed by atoms with Crippen molar-refractivity contribution in [1.29, 1.82) is 0 Å². The molecule has 0 aromatic heterocycles. The maximum absolute atomic E-state index is 10.2. The summed E-state index contributed by atoms with van der Waals surface area (Å²) in [6, 6.07) is 0. The van der Waals surface area contributed by atoms with E-state index in [-0.39, 0.29) is 6.10 Å². The lowest BCUT2D eigenvalue weighted by molar-refractivity contribution is -0.0775. The van der Waals surface area contributed by atoms with Gasteiger partial charge >= 0.3 is 0 Å². The van der Waals surface area contributed by atoms with E-state index in [0.717, 1.165) is 13.0 Å². The molecule has 15 heavy (non-hydrogen) atoms. The molecule has 0 radical (unpaired) electrons. The molecule has 1 saturated heterocycles. The minimum Gasteiger partial charge on any atom is -0.393 e. The van der Waals surface area contributed by atoms with Gasteiger partial charge in [-0.05, 0) is 20.4 Å². The van der Waals surface area contributed by atoms with Crippen LogP contribution in [0.25, 0.3) is 0 Å². The number of likely N-dealkylation sites (N-methyl/N-ethyl adjacent to an activating group) is 1. The van der Waals surface area contributed by atoms with Gasteiger partial charge in [-0.2, -0.15) is 0 Å². The van der Waals surface area contributed by atoms with E-state index < -0.39 is 5.60 Å². The van der Waals surface area contributed by atoms with Crippen molar-refractivity contribution in [1.82, 2.24) is 4.90 Å². The summed E-state index contributed by atoms with van der Waals surface area (Å²) in [7, 11) is 1.98. The molecular weight excluding hydrogens is 194 g/mol. The van der Waals surface area contributed by atoms with Crippen molar-refractivity contribution < 1.29 is 14.9 Å². The molecule has 0 aromatic carbocycles. The van der Waals surface area contributed by atoms with Gasteiger partial charge in [-0.3, -0.25) is 0 Å². The van der Waals surface area contributed by atoms with Gasteiger partial charge in [-0.25, -0.2) is 0 Å². The third-order valence-corrected chi connectivity index (χ3v) is 2.92. The van der Waals surface area contributed by atoms with Crippen molar-refractivity contribution in [2.45, 2.75) is 37.9 Å². The lowest BCUT2D eigenvalue weighted by Gasteiger charge is -2.35. The lowest BCUT2D eigenvalue weighted by Crippen LogP contribution is -2.46. The molecule has 0 bridgehead atoms. The third kappa shape index (κ3) is 4.93. The number of ether oxygens (including phenoxy) is 1. The molecule has 1 unspecified atom stereocenters. The fourth-order valence-electron chi connectivity index (χ4n) is 1.90. The summed E-state index contributed by atoms with van der Waals surface area (Å²) in [6.07, 6.45) is 1.91. The Labute approximate surface area is 91.8 Å². The number of nitrogens with zero attached hydrogens (tertiary/aromatic N) is 1.